The second-order valence-electron chi connectivity index (χ2n) is 11.9. The molecule has 2 aromatic rings. The van der Waals surface area contributed by atoms with Gasteiger partial charge >= 0.3 is 0 Å². The summed E-state index contributed by atoms with van der Waals surface area (Å²) in [5.74, 6) is 0.830. The van der Waals surface area contributed by atoms with Crippen LogP contribution >= 0.6 is 0 Å². The van der Waals surface area contributed by atoms with Gasteiger partial charge in [0.2, 0.25) is 0 Å². The van der Waals surface area contributed by atoms with Crippen LogP contribution in [-0.2, 0) is 16.2 Å². The van der Waals surface area contributed by atoms with E-state index >= 15 is 0 Å². The van der Waals surface area contributed by atoms with Gasteiger partial charge in [-0.15, -0.1) is 0 Å². The zero-order valence-corrected chi connectivity index (χ0v) is 20.9. The van der Waals surface area contributed by atoms with E-state index in [0.717, 1.165) is 47.9 Å². The summed E-state index contributed by atoms with van der Waals surface area (Å²) in [4.78, 5) is 0. The third-order valence-electron chi connectivity index (χ3n) is 7.11. The molecule has 0 spiro atoms. The van der Waals surface area contributed by atoms with Crippen LogP contribution in [0.3, 0.4) is 0 Å². The number of phenols is 2. The molecule has 1 saturated carbocycles. The molecule has 0 aliphatic heterocycles. The quantitative estimate of drug-likeness (QED) is 0.482. The van der Waals surface area contributed by atoms with Crippen LogP contribution in [0.25, 0.3) is 0 Å². The molecule has 0 radical (unpaired) electrons. The fourth-order valence-corrected chi connectivity index (χ4v) is 5.45. The van der Waals surface area contributed by atoms with Gasteiger partial charge in [0.25, 0.3) is 0 Å². The van der Waals surface area contributed by atoms with Crippen molar-refractivity contribution >= 4 is 0 Å². The maximum atomic E-state index is 11.6. The topological polar surface area (TPSA) is 40.5 Å². The van der Waals surface area contributed by atoms with Gasteiger partial charge in [0.05, 0.1) is 0 Å². The Morgan fingerprint density at radius 3 is 1.29 bits per heavy atom. The number of benzene rings is 2. The van der Waals surface area contributed by atoms with E-state index in [4.69, 9.17) is 0 Å². The zero-order chi connectivity index (χ0) is 23.2. The van der Waals surface area contributed by atoms with Crippen LogP contribution in [-0.4, -0.2) is 10.2 Å². The molecule has 0 unspecified atom stereocenters. The molecule has 1 aliphatic carbocycles. The van der Waals surface area contributed by atoms with Crippen molar-refractivity contribution in [1.29, 1.82) is 0 Å². The van der Waals surface area contributed by atoms with Crippen LogP contribution in [0.4, 0.5) is 0 Å². The van der Waals surface area contributed by atoms with Crippen molar-refractivity contribution in [3.63, 3.8) is 0 Å². The van der Waals surface area contributed by atoms with Crippen molar-refractivity contribution in [2.75, 3.05) is 0 Å². The lowest BCUT2D eigenvalue weighted by Crippen LogP contribution is -2.29. The fourth-order valence-electron chi connectivity index (χ4n) is 5.45. The predicted octanol–water partition coefficient (Wildman–Crippen LogP) is 7.95. The fraction of sp³-hybridized carbons (Fsp3) is 0.586. The molecule has 2 N–H and O–H groups in total. The molecule has 0 bridgehead atoms. The Hall–Kier alpha value is -1.96. The molecule has 0 aromatic heterocycles. The lowest BCUT2D eigenvalue weighted by atomic mass is 9.65. The monoisotopic (exact) mass is 422 g/mol. The minimum absolute atomic E-state index is 0.151. The lowest BCUT2D eigenvalue weighted by Gasteiger charge is -2.38. The van der Waals surface area contributed by atoms with Gasteiger partial charge in [0.15, 0.2) is 0 Å². The van der Waals surface area contributed by atoms with Gasteiger partial charge in [-0.1, -0.05) is 103 Å². The van der Waals surface area contributed by atoms with Crippen LogP contribution in [0.2, 0.25) is 0 Å². The van der Waals surface area contributed by atoms with E-state index in [1.54, 1.807) is 0 Å². The van der Waals surface area contributed by atoms with E-state index in [0.29, 0.717) is 11.5 Å². The van der Waals surface area contributed by atoms with E-state index in [1.165, 1.54) is 24.0 Å². The first-order valence-corrected chi connectivity index (χ1v) is 12.0. The Bertz CT molecular complexity index is 875. The van der Waals surface area contributed by atoms with Crippen LogP contribution < -0.4 is 0 Å². The van der Waals surface area contributed by atoms with Crippen molar-refractivity contribution in [2.45, 2.75) is 110 Å². The Balaban J connectivity index is 2.40. The summed E-state index contributed by atoms with van der Waals surface area (Å²) >= 11 is 0. The zero-order valence-electron chi connectivity index (χ0n) is 20.9. The molecule has 1 aliphatic rings. The minimum Gasteiger partial charge on any atom is -0.507 e. The highest BCUT2D eigenvalue weighted by atomic mass is 16.3. The van der Waals surface area contributed by atoms with E-state index < -0.39 is 0 Å². The van der Waals surface area contributed by atoms with Gasteiger partial charge < -0.3 is 10.2 Å². The van der Waals surface area contributed by atoms with Gasteiger partial charge in [-0.05, 0) is 48.6 Å². The highest BCUT2D eigenvalue weighted by Crippen LogP contribution is 2.53. The second kappa shape index (κ2) is 8.19. The number of aryl methyl sites for hydroxylation is 2. The molecule has 2 heteroatoms. The summed E-state index contributed by atoms with van der Waals surface area (Å²) in [5.41, 5.74) is 5.66. The Morgan fingerprint density at radius 1 is 0.613 bits per heavy atom. The Morgan fingerprint density at radius 2 is 0.968 bits per heavy atom. The van der Waals surface area contributed by atoms with E-state index in [1.807, 2.05) is 0 Å². The molecule has 1 fully saturated rings. The number of rotatable bonds is 2. The van der Waals surface area contributed by atoms with Crippen LogP contribution in [0.1, 0.15) is 113 Å². The largest absolute Gasteiger partial charge is 0.507 e. The average Bonchev–Trinajstić information content (AvgIpc) is 2.90. The van der Waals surface area contributed by atoms with Gasteiger partial charge in [-0.3, -0.25) is 0 Å². The van der Waals surface area contributed by atoms with Crippen LogP contribution in [0, 0.1) is 13.8 Å². The minimum atomic E-state index is -0.372. The molecular weight excluding hydrogens is 380 g/mol. The SMILES string of the molecule is Cc1cc(C(C)(C)C)c(O)c(C2(c3cc(C)cc(C(C)(C)C)c3O)CCCCCC2)c1. The number of aromatic hydroxyl groups is 2. The van der Waals surface area contributed by atoms with Crippen LogP contribution in [0.5, 0.6) is 11.5 Å². The second-order valence-corrected chi connectivity index (χ2v) is 11.9. The highest BCUT2D eigenvalue weighted by Gasteiger charge is 2.41. The van der Waals surface area contributed by atoms with E-state index in [9.17, 15) is 10.2 Å². The summed E-state index contributed by atoms with van der Waals surface area (Å²) < 4.78 is 0. The molecular formula is C29H42O2. The van der Waals surface area contributed by atoms with E-state index in [2.05, 4.69) is 79.7 Å². The molecule has 31 heavy (non-hydrogen) atoms. The highest BCUT2D eigenvalue weighted by molar-refractivity contribution is 5.59. The number of hydrogen-bond donors (Lipinski definition) is 2. The molecule has 0 atom stereocenters. The first-order chi connectivity index (χ1) is 14.3. The number of hydrogen-bond acceptors (Lipinski definition) is 2. The predicted molar refractivity (Wildman–Crippen MR) is 132 cm³/mol. The molecule has 3 rings (SSSR count). The first-order valence-electron chi connectivity index (χ1n) is 12.0. The molecule has 0 heterocycles. The normalized spacial score (nSPS) is 17.4. The van der Waals surface area contributed by atoms with Crippen molar-refractivity contribution < 1.29 is 10.2 Å². The van der Waals surface area contributed by atoms with Gasteiger partial charge in [-0.25, -0.2) is 0 Å². The molecule has 0 amide bonds. The first kappa shape index (κ1) is 23.7. The van der Waals surface area contributed by atoms with Crippen LogP contribution in [0.15, 0.2) is 24.3 Å². The maximum Gasteiger partial charge on any atom is 0.123 e. The Kier molecular flexibility index (Phi) is 6.26. The van der Waals surface area contributed by atoms with Gasteiger partial charge in [0.1, 0.15) is 11.5 Å². The van der Waals surface area contributed by atoms with Gasteiger partial charge in [0, 0.05) is 16.5 Å². The van der Waals surface area contributed by atoms with E-state index in [-0.39, 0.29) is 16.2 Å². The Labute approximate surface area is 189 Å². The van der Waals surface area contributed by atoms with Crippen molar-refractivity contribution in [2.24, 2.45) is 0 Å². The van der Waals surface area contributed by atoms with Crippen molar-refractivity contribution in [3.8, 4) is 11.5 Å². The molecule has 2 nitrogen and oxygen atoms in total. The third kappa shape index (κ3) is 4.49. The lowest BCUT2D eigenvalue weighted by molar-refractivity contribution is 0.370. The standard InChI is InChI=1S/C29H42O2/c1-19-15-21(27(3,4)5)25(30)23(17-19)29(13-11-9-10-12-14-29)24-18-20(2)16-22(26(24)31)28(6,7)8/h15-18,30-31H,9-14H2,1-8H3. The maximum absolute atomic E-state index is 11.6. The smallest absolute Gasteiger partial charge is 0.123 e. The van der Waals surface area contributed by atoms with Crippen molar-refractivity contribution in [1.82, 2.24) is 0 Å². The van der Waals surface area contributed by atoms with Gasteiger partial charge in [-0.2, -0.15) is 0 Å². The summed E-state index contributed by atoms with van der Waals surface area (Å²) in [7, 11) is 0. The summed E-state index contributed by atoms with van der Waals surface area (Å²) in [6, 6.07) is 8.60. The summed E-state index contributed by atoms with van der Waals surface area (Å²) in [5, 5.41) is 23.3. The third-order valence-corrected chi connectivity index (χ3v) is 7.11. The molecule has 2 aromatic carbocycles. The average molecular weight is 423 g/mol. The summed E-state index contributed by atoms with van der Waals surface area (Å²) in [6.45, 7) is 17.2. The molecule has 0 saturated heterocycles. The summed E-state index contributed by atoms with van der Waals surface area (Å²) in [6.07, 6.45) is 6.54. The number of phenolic OH excluding ortho intramolecular Hbond substituents is 2. The van der Waals surface area contributed by atoms with Crippen molar-refractivity contribution in [3.05, 3.63) is 57.6 Å². The molecule has 170 valence electrons.